The van der Waals surface area contributed by atoms with Gasteiger partial charge in [0.05, 0.1) is 40.6 Å². The molecule has 0 spiro atoms. The van der Waals surface area contributed by atoms with E-state index in [1.165, 1.54) is 7.11 Å². The molecule has 5 rings (SSSR count). The smallest absolute Gasteiger partial charge is 0.337 e. The van der Waals surface area contributed by atoms with Gasteiger partial charge in [0.25, 0.3) is 0 Å². The van der Waals surface area contributed by atoms with Crippen LogP contribution in [0.1, 0.15) is 18.4 Å². The van der Waals surface area contributed by atoms with Crippen molar-refractivity contribution in [2.75, 3.05) is 13.7 Å². The third-order valence-corrected chi connectivity index (χ3v) is 5.56. The molecule has 0 radical (unpaired) electrons. The topological polar surface area (TPSA) is 94.8 Å². The molecule has 1 N–H and O–H groups in total. The van der Waals surface area contributed by atoms with Crippen molar-refractivity contribution in [3.05, 3.63) is 80.8 Å². The van der Waals surface area contributed by atoms with Gasteiger partial charge in [-0.2, -0.15) is 0 Å². The molecular formula is C23H17NO6. The Morgan fingerprint density at radius 2 is 1.87 bits per heavy atom. The number of allylic oxidation sites excluding steroid dienone is 1. The lowest BCUT2D eigenvalue weighted by molar-refractivity contribution is -0.136. The van der Waals surface area contributed by atoms with Crippen LogP contribution in [-0.2, 0) is 19.1 Å². The number of cyclic esters (lactones) is 1. The average molecular weight is 403 g/mol. The van der Waals surface area contributed by atoms with Crippen molar-refractivity contribution in [1.82, 2.24) is 5.32 Å². The average Bonchev–Trinajstić information content (AvgIpc) is 3.12. The third kappa shape index (κ3) is 2.48. The standard InChI is InChI=1S/C23H17NO6/c1-11-17(22(26)28-2)18(19-15(24-11)10-29-23(19)27)13-7-5-8-14-20(25)12-6-3-4-9-16(12)30-21(13)14/h3-9,18,24H,10H2,1-2H3. The molecule has 1 unspecified atom stereocenters. The Hall–Kier alpha value is -3.87. The molecule has 7 nitrogen and oxygen atoms in total. The predicted molar refractivity (Wildman–Crippen MR) is 109 cm³/mol. The quantitative estimate of drug-likeness (QED) is 0.519. The van der Waals surface area contributed by atoms with Gasteiger partial charge in [-0.1, -0.05) is 24.3 Å². The summed E-state index contributed by atoms with van der Waals surface area (Å²) in [6.45, 7) is 1.83. The maximum absolute atomic E-state index is 13.1. The van der Waals surface area contributed by atoms with Gasteiger partial charge in [0.2, 0.25) is 5.43 Å². The molecule has 2 aliphatic heterocycles. The lowest BCUT2D eigenvalue weighted by atomic mass is 9.80. The van der Waals surface area contributed by atoms with Crippen LogP contribution < -0.4 is 10.7 Å². The molecule has 3 heterocycles. The number of hydrogen-bond donors (Lipinski definition) is 1. The lowest BCUT2D eigenvalue weighted by Crippen LogP contribution is -2.30. The van der Waals surface area contributed by atoms with Crippen LogP contribution >= 0.6 is 0 Å². The van der Waals surface area contributed by atoms with Crippen LogP contribution in [0.25, 0.3) is 21.9 Å². The Balaban J connectivity index is 1.86. The van der Waals surface area contributed by atoms with Gasteiger partial charge in [-0.05, 0) is 25.1 Å². The van der Waals surface area contributed by atoms with Crippen LogP contribution in [0.4, 0.5) is 0 Å². The minimum absolute atomic E-state index is 0.0914. The summed E-state index contributed by atoms with van der Waals surface area (Å²) in [5.74, 6) is -1.87. The maximum Gasteiger partial charge on any atom is 0.337 e. The molecule has 1 atom stereocenters. The van der Waals surface area contributed by atoms with E-state index in [0.29, 0.717) is 44.5 Å². The zero-order valence-corrected chi connectivity index (χ0v) is 16.3. The van der Waals surface area contributed by atoms with Crippen molar-refractivity contribution in [2.24, 2.45) is 0 Å². The Kier molecular flexibility index (Phi) is 3.99. The number of dihydropyridines is 1. The third-order valence-electron chi connectivity index (χ3n) is 5.56. The van der Waals surface area contributed by atoms with Crippen LogP contribution in [0.2, 0.25) is 0 Å². The molecular weight excluding hydrogens is 386 g/mol. The van der Waals surface area contributed by atoms with Gasteiger partial charge < -0.3 is 19.2 Å². The molecule has 7 heteroatoms. The monoisotopic (exact) mass is 403 g/mol. The Morgan fingerprint density at radius 3 is 2.67 bits per heavy atom. The van der Waals surface area contributed by atoms with Gasteiger partial charge in [-0.25, -0.2) is 9.59 Å². The summed E-state index contributed by atoms with van der Waals surface area (Å²) in [5, 5.41) is 3.92. The van der Waals surface area contributed by atoms with E-state index in [2.05, 4.69) is 5.32 Å². The molecule has 0 saturated carbocycles. The van der Waals surface area contributed by atoms with Gasteiger partial charge >= 0.3 is 11.9 Å². The summed E-state index contributed by atoms with van der Waals surface area (Å²) in [7, 11) is 1.28. The van der Waals surface area contributed by atoms with Crippen LogP contribution in [0.5, 0.6) is 0 Å². The molecule has 0 fully saturated rings. The lowest BCUT2D eigenvalue weighted by Gasteiger charge is -2.27. The summed E-state index contributed by atoms with van der Waals surface area (Å²) in [6.07, 6.45) is 0. The van der Waals surface area contributed by atoms with E-state index in [4.69, 9.17) is 13.9 Å². The highest BCUT2D eigenvalue weighted by Crippen LogP contribution is 2.43. The molecule has 3 aromatic rings. The van der Waals surface area contributed by atoms with Crippen molar-refractivity contribution in [3.8, 4) is 0 Å². The number of para-hydroxylation sites is 2. The van der Waals surface area contributed by atoms with E-state index in [0.717, 1.165) is 0 Å². The number of nitrogens with one attached hydrogen (secondary N) is 1. The van der Waals surface area contributed by atoms with Crippen LogP contribution in [0.3, 0.4) is 0 Å². The maximum atomic E-state index is 13.1. The van der Waals surface area contributed by atoms with Gasteiger partial charge in [0.1, 0.15) is 17.8 Å². The van der Waals surface area contributed by atoms with Crippen LogP contribution in [0.15, 0.2) is 74.2 Å². The highest BCUT2D eigenvalue weighted by atomic mass is 16.5. The first kappa shape index (κ1) is 18.2. The molecule has 150 valence electrons. The molecule has 0 bridgehead atoms. The van der Waals surface area contributed by atoms with E-state index in [1.54, 1.807) is 49.4 Å². The van der Waals surface area contributed by atoms with Gasteiger partial charge in [-0.3, -0.25) is 4.79 Å². The summed E-state index contributed by atoms with van der Waals surface area (Å²) < 4.78 is 16.3. The normalized spacial score (nSPS) is 18.5. The predicted octanol–water partition coefficient (Wildman–Crippen LogP) is 2.89. The fourth-order valence-corrected chi connectivity index (χ4v) is 4.23. The van der Waals surface area contributed by atoms with Gasteiger partial charge in [0.15, 0.2) is 0 Å². The molecule has 0 aliphatic carbocycles. The van der Waals surface area contributed by atoms with Crippen LogP contribution in [-0.4, -0.2) is 25.7 Å². The van der Waals surface area contributed by atoms with Crippen molar-refractivity contribution in [2.45, 2.75) is 12.8 Å². The van der Waals surface area contributed by atoms with Gasteiger partial charge in [-0.15, -0.1) is 0 Å². The number of methoxy groups -OCH3 is 1. The molecule has 2 aromatic carbocycles. The van der Waals surface area contributed by atoms with E-state index in [1.807, 2.05) is 0 Å². The Bertz CT molecular complexity index is 1380. The number of carbonyl (C=O) groups excluding carboxylic acids is 2. The number of rotatable bonds is 2. The fraction of sp³-hybridized carbons (Fsp3) is 0.174. The minimum atomic E-state index is -0.781. The van der Waals surface area contributed by atoms with Crippen molar-refractivity contribution in [1.29, 1.82) is 0 Å². The summed E-state index contributed by atoms with van der Waals surface area (Å²) >= 11 is 0. The molecule has 30 heavy (non-hydrogen) atoms. The van der Waals surface area contributed by atoms with Gasteiger partial charge in [0, 0.05) is 11.3 Å². The van der Waals surface area contributed by atoms with E-state index >= 15 is 0 Å². The van der Waals surface area contributed by atoms with Crippen molar-refractivity contribution >= 4 is 33.9 Å². The molecule has 0 amide bonds. The van der Waals surface area contributed by atoms with Crippen molar-refractivity contribution < 1.29 is 23.5 Å². The number of esters is 2. The second kappa shape index (κ2) is 6.59. The highest BCUT2D eigenvalue weighted by molar-refractivity contribution is 6.03. The van der Waals surface area contributed by atoms with Crippen molar-refractivity contribution in [3.63, 3.8) is 0 Å². The summed E-state index contributed by atoms with van der Waals surface area (Å²) in [6, 6.07) is 12.1. The number of carbonyl (C=O) groups is 2. The first-order valence-electron chi connectivity index (χ1n) is 9.42. The van der Waals surface area contributed by atoms with E-state index in [9.17, 15) is 14.4 Å². The summed E-state index contributed by atoms with van der Waals surface area (Å²) in [5.41, 5.74) is 2.87. The number of hydrogen-bond acceptors (Lipinski definition) is 7. The van der Waals surface area contributed by atoms with E-state index in [-0.39, 0.29) is 17.6 Å². The number of ether oxygens (including phenoxy) is 2. The zero-order chi connectivity index (χ0) is 21.0. The first-order chi connectivity index (χ1) is 14.5. The van der Waals surface area contributed by atoms with E-state index < -0.39 is 17.9 Å². The van der Waals surface area contributed by atoms with Crippen LogP contribution in [0, 0.1) is 0 Å². The fourth-order valence-electron chi connectivity index (χ4n) is 4.23. The summed E-state index contributed by atoms with van der Waals surface area (Å²) in [4.78, 5) is 38.3. The first-order valence-corrected chi connectivity index (χ1v) is 9.42. The second-order valence-electron chi connectivity index (χ2n) is 7.21. The number of fused-ring (bicyclic) bond motifs is 2. The SMILES string of the molecule is COC(=O)C1=C(C)NC2=C(C(=O)OC2)C1c1cccc2c(=O)c3ccccc3oc12. The zero-order valence-electron chi connectivity index (χ0n) is 16.3. The molecule has 0 saturated heterocycles. The second-order valence-corrected chi connectivity index (χ2v) is 7.21. The molecule has 2 aliphatic rings. The number of benzene rings is 2. The Labute approximate surface area is 170 Å². The Morgan fingerprint density at radius 1 is 1.10 bits per heavy atom. The minimum Gasteiger partial charge on any atom is -0.466 e. The molecule has 1 aromatic heterocycles. The largest absolute Gasteiger partial charge is 0.466 e. The highest BCUT2D eigenvalue weighted by Gasteiger charge is 2.42.